The van der Waals surface area contributed by atoms with Crippen molar-refractivity contribution in [2.75, 3.05) is 6.54 Å². The van der Waals surface area contributed by atoms with E-state index >= 15 is 0 Å². The van der Waals surface area contributed by atoms with Crippen molar-refractivity contribution in [1.29, 1.82) is 0 Å². The van der Waals surface area contributed by atoms with Crippen molar-refractivity contribution in [3.05, 3.63) is 64.5 Å². The van der Waals surface area contributed by atoms with Crippen LogP contribution in [0.3, 0.4) is 0 Å². The Kier molecular flexibility index (Phi) is 5.12. The lowest BCUT2D eigenvalue weighted by molar-refractivity contribution is 0.0743. The first-order chi connectivity index (χ1) is 12.1. The van der Waals surface area contributed by atoms with Crippen LogP contribution in [0.1, 0.15) is 36.5 Å². The molecule has 0 N–H and O–H groups in total. The van der Waals surface area contributed by atoms with Gasteiger partial charge in [0.05, 0.1) is 11.7 Å². The van der Waals surface area contributed by atoms with Crippen LogP contribution in [0.25, 0.3) is 11.3 Å². The molecule has 2 aromatic rings. The van der Waals surface area contributed by atoms with E-state index in [-0.39, 0.29) is 17.5 Å². The zero-order valence-electron chi connectivity index (χ0n) is 14.7. The van der Waals surface area contributed by atoms with Crippen LogP contribution in [0.15, 0.2) is 53.3 Å². The van der Waals surface area contributed by atoms with Crippen LogP contribution in [0, 0.1) is 0 Å². The quantitative estimate of drug-likeness (QED) is 0.788. The highest BCUT2D eigenvalue weighted by molar-refractivity contribution is 5.95. The second kappa shape index (κ2) is 7.47. The number of carbonyl (C=O) groups is 1. The van der Waals surface area contributed by atoms with Gasteiger partial charge in [-0.3, -0.25) is 9.59 Å². The first-order valence-electron chi connectivity index (χ1n) is 8.72. The number of aromatic nitrogens is 2. The molecule has 0 radical (unpaired) electrons. The van der Waals surface area contributed by atoms with Crippen LogP contribution in [0.2, 0.25) is 0 Å². The van der Waals surface area contributed by atoms with Crippen LogP contribution < -0.4 is 5.56 Å². The largest absolute Gasteiger partial charge is 0.328 e. The third-order valence-corrected chi connectivity index (χ3v) is 4.56. The average molecular weight is 337 g/mol. The van der Waals surface area contributed by atoms with Gasteiger partial charge in [0, 0.05) is 30.8 Å². The van der Waals surface area contributed by atoms with Crippen molar-refractivity contribution in [2.45, 2.75) is 32.2 Å². The van der Waals surface area contributed by atoms with Gasteiger partial charge in [-0.1, -0.05) is 44.1 Å². The molecular formula is C20H23N3O2. The molecule has 1 aromatic heterocycles. The molecule has 1 aliphatic heterocycles. The van der Waals surface area contributed by atoms with Crippen LogP contribution in [0.5, 0.6) is 0 Å². The Morgan fingerprint density at radius 2 is 1.96 bits per heavy atom. The van der Waals surface area contributed by atoms with Crippen molar-refractivity contribution in [3.8, 4) is 11.3 Å². The van der Waals surface area contributed by atoms with E-state index in [2.05, 4.69) is 24.2 Å². The molecule has 5 nitrogen and oxygen atoms in total. The molecule has 1 amide bonds. The van der Waals surface area contributed by atoms with Crippen LogP contribution in [-0.4, -0.2) is 33.2 Å². The van der Waals surface area contributed by atoms with Crippen LogP contribution in [-0.2, 0) is 7.05 Å². The normalized spacial score (nSPS) is 16.4. The first kappa shape index (κ1) is 17.1. The number of carbonyl (C=O) groups excluding carboxylic acids is 1. The third-order valence-electron chi connectivity index (χ3n) is 4.56. The maximum absolute atomic E-state index is 12.8. The molecule has 0 spiro atoms. The maximum Gasteiger partial charge on any atom is 0.266 e. The summed E-state index contributed by atoms with van der Waals surface area (Å²) in [5.41, 5.74) is 2.13. The average Bonchev–Trinajstić information content (AvgIpc) is 3.10. The highest BCUT2D eigenvalue weighted by Crippen LogP contribution is 2.21. The summed E-state index contributed by atoms with van der Waals surface area (Å²) in [4.78, 5) is 26.2. The molecule has 0 bridgehead atoms. The Bertz CT molecular complexity index is 837. The van der Waals surface area contributed by atoms with Gasteiger partial charge < -0.3 is 4.90 Å². The van der Waals surface area contributed by atoms with E-state index in [1.165, 1.54) is 10.7 Å². The second-order valence-electron chi connectivity index (χ2n) is 6.35. The van der Waals surface area contributed by atoms with Crippen molar-refractivity contribution < 1.29 is 4.79 Å². The van der Waals surface area contributed by atoms with E-state index < -0.39 is 0 Å². The fraction of sp³-hybridized carbons (Fsp3) is 0.350. The van der Waals surface area contributed by atoms with Gasteiger partial charge in [0.15, 0.2) is 0 Å². The van der Waals surface area contributed by atoms with Gasteiger partial charge in [0.25, 0.3) is 11.5 Å². The topological polar surface area (TPSA) is 55.2 Å². The van der Waals surface area contributed by atoms with Crippen molar-refractivity contribution in [3.63, 3.8) is 0 Å². The lowest BCUT2D eigenvalue weighted by Gasteiger charge is -2.24. The molecule has 25 heavy (non-hydrogen) atoms. The minimum absolute atomic E-state index is 0.0612. The zero-order valence-corrected chi connectivity index (χ0v) is 14.7. The fourth-order valence-corrected chi connectivity index (χ4v) is 3.08. The molecule has 1 aromatic carbocycles. The number of unbranched alkanes of at least 4 members (excludes halogenated alkanes) is 1. The summed E-state index contributed by atoms with van der Waals surface area (Å²) >= 11 is 0. The summed E-state index contributed by atoms with van der Waals surface area (Å²) in [6.07, 6.45) is 7.47. The van der Waals surface area contributed by atoms with Gasteiger partial charge >= 0.3 is 0 Å². The van der Waals surface area contributed by atoms with E-state index in [0.29, 0.717) is 17.8 Å². The van der Waals surface area contributed by atoms with Gasteiger partial charge in [-0.2, -0.15) is 5.10 Å². The van der Waals surface area contributed by atoms with Gasteiger partial charge in [-0.25, -0.2) is 4.68 Å². The molecule has 2 heterocycles. The highest BCUT2D eigenvalue weighted by atomic mass is 16.2. The van der Waals surface area contributed by atoms with Crippen LogP contribution >= 0.6 is 0 Å². The molecule has 1 aliphatic rings. The third kappa shape index (κ3) is 3.71. The molecule has 3 rings (SSSR count). The standard InChI is InChI=1S/C20H23N3O2/c1-3-4-6-17-7-5-14-23(17)20(25)16-10-8-15(9-11-16)18-12-13-19(24)22(2)21-18/h5,7-13,17H,3-4,6,14H2,1-2H3/t17-/m0/s1. The number of nitrogens with zero attached hydrogens (tertiary/aromatic N) is 3. The monoisotopic (exact) mass is 337 g/mol. The Morgan fingerprint density at radius 3 is 2.64 bits per heavy atom. The Morgan fingerprint density at radius 1 is 1.20 bits per heavy atom. The molecule has 1 atom stereocenters. The van der Waals surface area contributed by atoms with Gasteiger partial charge in [0.2, 0.25) is 0 Å². The number of amides is 1. The smallest absolute Gasteiger partial charge is 0.266 e. The lowest BCUT2D eigenvalue weighted by atomic mass is 10.1. The fourth-order valence-electron chi connectivity index (χ4n) is 3.08. The summed E-state index contributed by atoms with van der Waals surface area (Å²) in [6, 6.07) is 10.8. The van der Waals surface area contributed by atoms with Gasteiger partial charge in [-0.05, 0) is 24.6 Å². The molecule has 0 unspecified atom stereocenters. The minimum atomic E-state index is -0.143. The summed E-state index contributed by atoms with van der Waals surface area (Å²) in [7, 11) is 1.63. The molecular weight excluding hydrogens is 314 g/mol. The highest BCUT2D eigenvalue weighted by Gasteiger charge is 2.25. The van der Waals surface area contributed by atoms with E-state index in [1.54, 1.807) is 13.1 Å². The van der Waals surface area contributed by atoms with E-state index in [9.17, 15) is 9.59 Å². The van der Waals surface area contributed by atoms with E-state index in [4.69, 9.17) is 0 Å². The molecule has 5 heteroatoms. The van der Waals surface area contributed by atoms with Crippen molar-refractivity contribution >= 4 is 5.91 Å². The van der Waals surface area contributed by atoms with Crippen molar-refractivity contribution in [1.82, 2.24) is 14.7 Å². The van der Waals surface area contributed by atoms with Gasteiger partial charge in [-0.15, -0.1) is 0 Å². The number of benzene rings is 1. The second-order valence-corrected chi connectivity index (χ2v) is 6.35. The molecule has 0 fully saturated rings. The Labute approximate surface area is 147 Å². The Hall–Kier alpha value is -2.69. The SMILES string of the molecule is CCCC[C@H]1C=CCN1C(=O)c1ccc(-c2ccc(=O)n(C)n2)cc1. The number of aryl methyl sites for hydroxylation is 1. The summed E-state index contributed by atoms with van der Waals surface area (Å²) < 4.78 is 1.31. The summed E-state index contributed by atoms with van der Waals surface area (Å²) in [5, 5.41) is 4.24. The summed E-state index contributed by atoms with van der Waals surface area (Å²) in [6.45, 7) is 2.84. The number of rotatable bonds is 5. The maximum atomic E-state index is 12.8. The predicted octanol–water partition coefficient (Wildman–Crippen LogP) is 3.02. The molecule has 0 saturated heterocycles. The van der Waals surface area contributed by atoms with Crippen molar-refractivity contribution in [2.24, 2.45) is 7.05 Å². The Balaban J connectivity index is 1.76. The van der Waals surface area contributed by atoms with E-state index in [0.717, 1.165) is 24.8 Å². The number of hydrogen-bond donors (Lipinski definition) is 0. The number of hydrogen-bond acceptors (Lipinski definition) is 3. The molecule has 130 valence electrons. The molecule has 0 saturated carbocycles. The molecule has 0 aliphatic carbocycles. The summed E-state index contributed by atoms with van der Waals surface area (Å²) in [5.74, 6) is 0.0612. The lowest BCUT2D eigenvalue weighted by Crippen LogP contribution is -2.36. The van der Waals surface area contributed by atoms with E-state index in [1.807, 2.05) is 29.2 Å². The zero-order chi connectivity index (χ0) is 17.8. The minimum Gasteiger partial charge on any atom is -0.328 e. The first-order valence-corrected chi connectivity index (χ1v) is 8.72. The van der Waals surface area contributed by atoms with Crippen LogP contribution in [0.4, 0.5) is 0 Å². The predicted molar refractivity (Wildman–Crippen MR) is 98.4 cm³/mol. The van der Waals surface area contributed by atoms with Gasteiger partial charge in [0.1, 0.15) is 0 Å².